The Morgan fingerprint density at radius 1 is 1.44 bits per heavy atom. The summed E-state index contributed by atoms with van der Waals surface area (Å²) in [6, 6.07) is 3.59. The second-order valence-corrected chi connectivity index (χ2v) is 7.51. The van der Waals surface area contributed by atoms with Gasteiger partial charge in [0.15, 0.2) is 0 Å². The van der Waals surface area contributed by atoms with Crippen LogP contribution in [0.5, 0.6) is 0 Å². The van der Waals surface area contributed by atoms with Crippen LogP contribution in [0.1, 0.15) is 31.1 Å². The average Bonchev–Trinajstić information content (AvgIpc) is 3.12. The van der Waals surface area contributed by atoms with Crippen LogP contribution in [0.2, 0.25) is 0 Å². The highest BCUT2D eigenvalue weighted by Gasteiger charge is 2.34. The first-order valence-corrected chi connectivity index (χ1v) is 8.60. The summed E-state index contributed by atoms with van der Waals surface area (Å²) in [5.74, 6) is 0.949. The van der Waals surface area contributed by atoms with Gasteiger partial charge in [-0.1, -0.05) is 0 Å². The highest BCUT2D eigenvalue weighted by atomic mass is 79.9. The Labute approximate surface area is 122 Å². The van der Waals surface area contributed by atoms with E-state index in [1.54, 1.807) is 0 Å². The van der Waals surface area contributed by atoms with Gasteiger partial charge in [-0.25, -0.2) is 0 Å². The van der Waals surface area contributed by atoms with E-state index in [-0.39, 0.29) is 0 Å². The van der Waals surface area contributed by atoms with Gasteiger partial charge in [0.2, 0.25) is 0 Å². The predicted molar refractivity (Wildman–Crippen MR) is 81.0 cm³/mol. The lowest BCUT2D eigenvalue weighted by atomic mass is 10.1. The van der Waals surface area contributed by atoms with Crippen LogP contribution in [0.15, 0.2) is 15.9 Å². The fraction of sp³-hybridized carbons (Fsp3) is 0.714. The van der Waals surface area contributed by atoms with E-state index in [0.29, 0.717) is 6.04 Å². The van der Waals surface area contributed by atoms with E-state index >= 15 is 0 Å². The zero-order valence-electron chi connectivity index (χ0n) is 10.9. The minimum atomic E-state index is 0.690. The van der Waals surface area contributed by atoms with Gasteiger partial charge in [-0.3, -0.25) is 4.90 Å². The van der Waals surface area contributed by atoms with E-state index in [2.05, 4.69) is 44.5 Å². The van der Waals surface area contributed by atoms with Crippen LogP contribution in [0.25, 0.3) is 0 Å². The number of rotatable bonds is 3. The van der Waals surface area contributed by atoms with Crippen molar-refractivity contribution in [2.75, 3.05) is 13.1 Å². The molecule has 2 heterocycles. The summed E-state index contributed by atoms with van der Waals surface area (Å²) in [5.41, 5.74) is 0. The molecule has 2 fully saturated rings. The predicted octanol–water partition coefficient (Wildman–Crippen LogP) is 3.47. The van der Waals surface area contributed by atoms with Gasteiger partial charge >= 0.3 is 0 Å². The first kappa shape index (κ1) is 13.1. The molecule has 0 bridgehead atoms. The largest absolute Gasteiger partial charge is 0.312 e. The third-order valence-electron chi connectivity index (χ3n) is 4.25. The lowest BCUT2D eigenvalue weighted by Gasteiger charge is -2.28. The molecular formula is C14H21BrN2S. The summed E-state index contributed by atoms with van der Waals surface area (Å²) in [5, 5.41) is 5.93. The zero-order valence-corrected chi connectivity index (χ0v) is 13.3. The maximum atomic E-state index is 3.75. The molecule has 1 N–H and O–H groups in total. The van der Waals surface area contributed by atoms with Crippen LogP contribution in [0.3, 0.4) is 0 Å². The molecule has 4 heteroatoms. The van der Waals surface area contributed by atoms with Crippen molar-refractivity contribution < 1.29 is 0 Å². The lowest BCUT2D eigenvalue weighted by molar-refractivity contribution is 0.192. The van der Waals surface area contributed by atoms with Gasteiger partial charge in [0, 0.05) is 34.5 Å². The second kappa shape index (κ2) is 5.61. The van der Waals surface area contributed by atoms with Crippen molar-refractivity contribution in [3.8, 4) is 0 Å². The van der Waals surface area contributed by atoms with E-state index in [1.807, 2.05) is 11.3 Å². The fourth-order valence-corrected chi connectivity index (χ4v) is 4.32. The standard InChI is InChI=1S/C14H21BrN2S/c1-10-4-6-16-13(11-2-3-11)8-17(10)9-14-12(15)5-7-18-14/h5,7,10-11,13,16H,2-4,6,8-9H2,1H3. The SMILES string of the molecule is CC1CCNC(C2CC2)CN1Cc1sccc1Br. The molecule has 100 valence electrons. The van der Waals surface area contributed by atoms with Crippen molar-refractivity contribution in [3.05, 3.63) is 20.8 Å². The Balaban J connectivity index is 1.69. The van der Waals surface area contributed by atoms with Crippen molar-refractivity contribution in [2.45, 2.75) is 44.8 Å². The molecule has 0 aromatic carbocycles. The molecule has 3 rings (SSSR count). The molecule has 1 aromatic rings. The highest BCUT2D eigenvalue weighted by Crippen LogP contribution is 2.34. The van der Waals surface area contributed by atoms with Crippen molar-refractivity contribution >= 4 is 27.3 Å². The smallest absolute Gasteiger partial charge is 0.0342 e. The number of nitrogens with one attached hydrogen (secondary N) is 1. The molecule has 1 saturated heterocycles. The number of nitrogens with zero attached hydrogens (tertiary/aromatic N) is 1. The summed E-state index contributed by atoms with van der Waals surface area (Å²) in [6.07, 6.45) is 4.14. The van der Waals surface area contributed by atoms with Crippen LogP contribution < -0.4 is 5.32 Å². The topological polar surface area (TPSA) is 15.3 Å². The molecule has 2 unspecified atom stereocenters. The molecule has 2 aliphatic rings. The molecule has 0 amide bonds. The number of hydrogen-bond donors (Lipinski definition) is 1. The quantitative estimate of drug-likeness (QED) is 0.913. The first-order chi connectivity index (χ1) is 8.74. The van der Waals surface area contributed by atoms with E-state index in [9.17, 15) is 0 Å². The molecule has 2 nitrogen and oxygen atoms in total. The molecule has 2 atom stereocenters. The Kier molecular flexibility index (Phi) is 4.09. The van der Waals surface area contributed by atoms with E-state index in [4.69, 9.17) is 0 Å². The third kappa shape index (κ3) is 2.98. The molecule has 1 aliphatic heterocycles. The lowest BCUT2D eigenvalue weighted by Crippen LogP contribution is -2.40. The Bertz CT molecular complexity index is 402. The van der Waals surface area contributed by atoms with Gasteiger partial charge in [-0.05, 0) is 66.0 Å². The van der Waals surface area contributed by atoms with Crippen molar-refractivity contribution in [1.29, 1.82) is 0 Å². The average molecular weight is 329 g/mol. The minimum Gasteiger partial charge on any atom is -0.312 e. The molecular weight excluding hydrogens is 308 g/mol. The molecule has 0 spiro atoms. The van der Waals surface area contributed by atoms with Gasteiger partial charge in [-0.15, -0.1) is 11.3 Å². The summed E-state index contributed by atoms with van der Waals surface area (Å²) in [7, 11) is 0. The van der Waals surface area contributed by atoms with Crippen molar-refractivity contribution in [3.63, 3.8) is 0 Å². The van der Waals surface area contributed by atoms with Gasteiger partial charge < -0.3 is 5.32 Å². The third-order valence-corrected chi connectivity index (χ3v) is 6.16. The number of thiophene rings is 1. The van der Waals surface area contributed by atoms with Crippen LogP contribution in [0, 0.1) is 5.92 Å². The minimum absolute atomic E-state index is 0.690. The number of halogens is 1. The van der Waals surface area contributed by atoms with E-state index in [1.165, 1.54) is 41.7 Å². The van der Waals surface area contributed by atoms with Gasteiger partial charge in [0.25, 0.3) is 0 Å². The zero-order chi connectivity index (χ0) is 12.5. The molecule has 0 radical (unpaired) electrons. The second-order valence-electron chi connectivity index (χ2n) is 5.66. The normalized spacial score (nSPS) is 30.3. The van der Waals surface area contributed by atoms with Crippen molar-refractivity contribution in [1.82, 2.24) is 10.2 Å². The highest BCUT2D eigenvalue weighted by molar-refractivity contribution is 9.10. The van der Waals surface area contributed by atoms with Gasteiger partial charge in [0.1, 0.15) is 0 Å². The van der Waals surface area contributed by atoms with E-state index < -0.39 is 0 Å². The van der Waals surface area contributed by atoms with E-state index in [0.717, 1.165) is 18.5 Å². The first-order valence-electron chi connectivity index (χ1n) is 6.93. The summed E-state index contributed by atoms with van der Waals surface area (Å²) >= 11 is 5.53. The van der Waals surface area contributed by atoms with Crippen molar-refractivity contribution in [2.24, 2.45) is 5.92 Å². The molecule has 18 heavy (non-hydrogen) atoms. The molecule has 1 saturated carbocycles. The fourth-order valence-electron chi connectivity index (χ4n) is 2.81. The maximum Gasteiger partial charge on any atom is 0.0342 e. The summed E-state index contributed by atoms with van der Waals surface area (Å²) in [4.78, 5) is 4.14. The van der Waals surface area contributed by atoms with Crippen LogP contribution >= 0.6 is 27.3 Å². The number of hydrogen-bond acceptors (Lipinski definition) is 3. The van der Waals surface area contributed by atoms with Gasteiger partial charge in [0.05, 0.1) is 0 Å². The maximum absolute atomic E-state index is 3.75. The van der Waals surface area contributed by atoms with Crippen LogP contribution in [-0.2, 0) is 6.54 Å². The van der Waals surface area contributed by atoms with Crippen LogP contribution in [0.4, 0.5) is 0 Å². The Morgan fingerprint density at radius 2 is 2.28 bits per heavy atom. The Hall–Kier alpha value is 0.100. The molecule has 1 aromatic heterocycles. The van der Waals surface area contributed by atoms with Crippen LogP contribution in [-0.4, -0.2) is 30.1 Å². The summed E-state index contributed by atoms with van der Waals surface area (Å²) < 4.78 is 1.28. The Morgan fingerprint density at radius 3 is 2.94 bits per heavy atom. The van der Waals surface area contributed by atoms with Gasteiger partial charge in [-0.2, -0.15) is 0 Å². The monoisotopic (exact) mass is 328 g/mol. The molecule has 1 aliphatic carbocycles. The summed E-state index contributed by atoms with van der Waals surface area (Å²) in [6.45, 7) is 5.88.